The summed E-state index contributed by atoms with van der Waals surface area (Å²) < 4.78 is 91.0. The number of cyclic esters (lactones) is 2. The van der Waals surface area contributed by atoms with Crippen LogP contribution >= 0.6 is 57.4 Å². The maximum Gasteiger partial charge on any atom is 0.311 e. The van der Waals surface area contributed by atoms with E-state index in [9.17, 15) is 50.4 Å². The van der Waals surface area contributed by atoms with Gasteiger partial charge in [0.15, 0.2) is 29.5 Å². The van der Waals surface area contributed by atoms with Gasteiger partial charge in [0.25, 0.3) is 0 Å². The van der Waals surface area contributed by atoms with E-state index < -0.39 is 208 Å². The summed E-state index contributed by atoms with van der Waals surface area (Å²) in [6.45, 7) is 37.3. The molecule has 8 aliphatic heterocycles. The number of nitrogens with one attached hydrogen (secondary N) is 1. The molecule has 8 fully saturated rings. The monoisotopic (exact) mass is 1740 g/mol. The number of likely N-dealkylation sites (N-methyl/N-ethyl adjacent to an activating group) is 2. The Kier molecular flexibility index (Phi) is 34.4. The Bertz CT molecular complexity index is 3050. The Morgan fingerprint density at radius 2 is 0.964 bits per heavy atom. The summed E-state index contributed by atoms with van der Waals surface area (Å²) in [5.74, 6) is -5.44. The molecule has 0 radical (unpaired) electrons. The zero-order valence-electron chi connectivity index (χ0n) is 69.3. The Morgan fingerprint density at radius 1 is 0.591 bits per heavy atom. The van der Waals surface area contributed by atoms with Gasteiger partial charge in [-0.1, -0.05) is 102 Å². The van der Waals surface area contributed by atoms with Crippen LogP contribution < -0.4 is 5.32 Å². The van der Waals surface area contributed by atoms with Gasteiger partial charge in [-0.15, -0.1) is 0 Å². The fourth-order valence-corrected chi connectivity index (χ4v) is 19.5. The molecule has 1 aromatic rings. The molecule has 4 bridgehead atoms. The van der Waals surface area contributed by atoms with Crippen molar-refractivity contribution in [3.63, 3.8) is 0 Å². The van der Waals surface area contributed by atoms with Gasteiger partial charge < -0.3 is 112 Å². The minimum Gasteiger partial charge on any atom is -0.459 e. The Labute approximate surface area is 682 Å². The van der Waals surface area contributed by atoms with E-state index in [0.717, 1.165) is 9.13 Å². The molecule has 8 heterocycles. The van der Waals surface area contributed by atoms with Crippen LogP contribution in [0.25, 0.3) is 0 Å². The van der Waals surface area contributed by atoms with Gasteiger partial charge in [-0.05, 0) is 188 Å². The molecule has 30 heteroatoms. The highest BCUT2D eigenvalue weighted by atomic mass is 127. The molecule has 110 heavy (non-hydrogen) atoms. The van der Waals surface area contributed by atoms with Crippen LogP contribution in [0.15, 0.2) is 24.3 Å². The highest BCUT2D eigenvalue weighted by Gasteiger charge is 2.62. The number of halogens is 4. The van der Waals surface area contributed by atoms with Gasteiger partial charge in [0.2, 0.25) is 0 Å². The maximum absolute atomic E-state index is 14.4. The topological polar surface area (TPSA) is 340 Å². The number of benzene rings is 1. The van der Waals surface area contributed by atoms with Crippen LogP contribution in [0.4, 0.5) is 0 Å². The number of rotatable bonds is 20. The van der Waals surface area contributed by atoms with Crippen molar-refractivity contribution in [2.75, 3.05) is 28.3 Å². The van der Waals surface area contributed by atoms with E-state index in [0.29, 0.717) is 32.2 Å². The second-order valence-electron chi connectivity index (χ2n) is 34.7. The van der Waals surface area contributed by atoms with Crippen LogP contribution in [0, 0.1) is 50.9 Å². The van der Waals surface area contributed by atoms with Gasteiger partial charge >= 0.3 is 11.9 Å². The molecule has 9 rings (SSSR count). The molecule has 14 unspecified atom stereocenters. The van der Waals surface area contributed by atoms with E-state index in [1.165, 1.54) is 28.1 Å². The predicted octanol–water partition coefficient (Wildman–Crippen LogP) is 9.07. The van der Waals surface area contributed by atoms with Gasteiger partial charge in [-0.25, -0.2) is 0 Å². The van der Waals surface area contributed by atoms with Crippen molar-refractivity contribution in [1.82, 2.24) is 10.2 Å². The number of aliphatic hydroxyl groups is 8. The number of hydrogen-bond donors (Lipinski definition) is 9. The van der Waals surface area contributed by atoms with Crippen LogP contribution in [-0.2, 0) is 82.4 Å². The highest BCUT2D eigenvalue weighted by molar-refractivity contribution is 14.1. The second-order valence-corrected chi connectivity index (χ2v) is 37.9. The van der Waals surface area contributed by atoms with Gasteiger partial charge in [-0.3, -0.25) is 14.5 Å². The smallest absolute Gasteiger partial charge is 0.311 e. The zero-order chi connectivity index (χ0) is 82.7. The number of carbonyl (C=O) groups excluding carboxylic acids is 2. The third kappa shape index (κ3) is 21.7. The molecule has 638 valence electrons. The quantitative estimate of drug-likeness (QED) is 0.0334. The van der Waals surface area contributed by atoms with Gasteiger partial charge in [0.05, 0.1) is 107 Å². The van der Waals surface area contributed by atoms with Crippen molar-refractivity contribution in [1.29, 1.82) is 0 Å². The lowest BCUT2D eigenvalue weighted by molar-refractivity contribution is -0.318. The van der Waals surface area contributed by atoms with E-state index in [-0.39, 0.29) is 61.8 Å². The number of aliphatic hydroxyl groups excluding tert-OH is 6. The van der Waals surface area contributed by atoms with E-state index in [2.05, 4.69) is 70.9 Å². The molecule has 1 aromatic carbocycles. The van der Waals surface area contributed by atoms with Crippen molar-refractivity contribution < 1.29 is 117 Å². The van der Waals surface area contributed by atoms with Crippen LogP contribution in [-0.4, -0.2) is 271 Å². The van der Waals surface area contributed by atoms with Crippen molar-refractivity contribution >= 4 is 69.3 Å². The molecule has 8 aliphatic rings. The standard InChI is InChI=1S/C43H70INO12.C36H65NO12.CHCl3/c1-13-31(46)43(10,50)38-24(4)34-22(2)19-42(9,57-34)37(56-40-33(47)30(18-23(3)52-40)45(11)21-28-14-16-29(44)17-15-28)25(5)35(26(6)39(49)55-38)54-32-20-41(8,51-12)36(48)27(7)53-32;1-13-24(38)36(10,42)31-19(4)27-17(2)15-35(9,49-27)30(48-33-26(39)23(37-11)14-18(3)44-33)20(5)28(21(6)32(41)47-31)46-25-16-34(8,43-12)29(40)22(7)45-25;2-1(3)4/h14-17,22-27,30-38,40,46-48,50H,13,18-21H2,1-12H3;17-31,33,37-40,42H,13-16H2,1-12H3;1H/t22?,23?,24-,25-,26+,27?,30?,31+,32-,33?,34?,35-,36-,37+,38+,40-,41?,42-,43+;17?,18?,19-,20-,21+,22?,23?,24+,25-,26?,27?,28-,29-,30+,31+,33-,34?,35-,36+;/m00./s1. The first-order chi connectivity index (χ1) is 51.0. The van der Waals surface area contributed by atoms with Crippen molar-refractivity contribution in [3.05, 3.63) is 33.4 Å². The lowest BCUT2D eigenvalue weighted by Crippen LogP contribution is -2.60. The van der Waals surface area contributed by atoms with Gasteiger partial charge in [0.1, 0.15) is 47.8 Å². The molecule has 38 atom stereocenters. The number of hydrogen-bond acceptors (Lipinski definition) is 26. The third-order valence-corrected chi connectivity index (χ3v) is 26.5. The van der Waals surface area contributed by atoms with Crippen LogP contribution in [0.2, 0.25) is 0 Å². The lowest BCUT2D eigenvalue weighted by Gasteiger charge is -2.48. The largest absolute Gasteiger partial charge is 0.459 e. The molecule has 0 amide bonds. The molecule has 0 aliphatic carbocycles. The summed E-state index contributed by atoms with van der Waals surface area (Å²) in [7, 11) is 6.86. The van der Waals surface area contributed by atoms with E-state index in [4.69, 9.17) is 101 Å². The maximum atomic E-state index is 14.4. The van der Waals surface area contributed by atoms with Gasteiger partial charge in [0, 0.05) is 72.9 Å². The normalized spacial score (nSPS) is 45.9. The fraction of sp³-hybridized carbons (Fsp3) is 0.900. The first-order valence-electron chi connectivity index (χ1n) is 39.7. The number of nitrogens with zero attached hydrogens (tertiary/aromatic N) is 1. The summed E-state index contributed by atoms with van der Waals surface area (Å²) in [6.07, 6.45) is -15.1. The molecule has 8 saturated heterocycles. The Balaban J connectivity index is 0.000000295. The summed E-state index contributed by atoms with van der Waals surface area (Å²) >= 11 is 16.7. The molecule has 0 spiro atoms. The fourth-order valence-electron chi connectivity index (χ4n) is 19.1. The predicted molar refractivity (Wildman–Crippen MR) is 421 cm³/mol. The van der Waals surface area contributed by atoms with E-state index in [1.807, 2.05) is 62.4 Å². The zero-order valence-corrected chi connectivity index (χ0v) is 73.7. The minimum atomic E-state index is -1.80. The van der Waals surface area contributed by atoms with Crippen molar-refractivity contribution in [2.45, 2.75) is 381 Å². The first kappa shape index (κ1) is 96.0. The minimum absolute atomic E-state index is 0.0575. The number of alkyl halides is 3. The number of fused-ring (bicyclic) bond motifs is 4. The van der Waals surface area contributed by atoms with E-state index >= 15 is 0 Å². The highest BCUT2D eigenvalue weighted by Crippen LogP contribution is 2.52. The summed E-state index contributed by atoms with van der Waals surface area (Å²) in [6, 6.07) is 7.77. The Morgan fingerprint density at radius 3 is 1.33 bits per heavy atom. The number of esters is 2. The SMILES string of the molecule is CC[C@@H](O)[C@@](C)(O)[C@@H]1OC(=O)[C@H](C)[C@@H](O[C@H]2CC(C)(OC)[C@@H](O)C(C)O2)[C@H](C)[C@@H](O[C@@H]2OC(C)CC(N(C)Cc3ccc(I)cc3)C2O)[C@]2(C)CC(C)C(O2)[C@@H]1C.CC[C@@H](O)[C@@](C)(O)[C@@H]1OC(=O)[C@H](C)[C@@H](O[C@H]2CC(C)(OC)[C@@H](O)C(C)O2)[C@H](C)[C@@H](O[C@@H]2OC(C)CC(NC)C2O)[C@]2(C)CC(C)C(O2)[C@@H]1C.ClC(Cl)Cl. The Hall–Kier alpha value is -1.12. The molecular formula is C80H136Cl3IN2O24. The second kappa shape index (κ2) is 39.4. The molecular weight excluding hydrogens is 1610 g/mol. The molecule has 26 nitrogen and oxygen atoms in total. The van der Waals surface area contributed by atoms with Crippen LogP contribution in [0.5, 0.6) is 0 Å². The third-order valence-electron chi connectivity index (χ3n) is 25.7. The van der Waals surface area contributed by atoms with Gasteiger partial charge in [-0.2, -0.15) is 0 Å². The molecule has 9 N–H and O–H groups in total. The average molecular weight is 1740 g/mol. The number of methoxy groups -OCH3 is 2. The molecule has 0 aromatic heterocycles. The van der Waals surface area contributed by atoms with Crippen molar-refractivity contribution in [3.8, 4) is 0 Å². The molecule has 0 saturated carbocycles. The van der Waals surface area contributed by atoms with Crippen LogP contribution in [0.3, 0.4) is 0 Å². The number of ether oxygens (including phenoxy) is 14. The summed E-state index contributed by atoms with van der Waals surface area (Å²) in [4.78, 5) is 30.8. The first-order valence-corrected chi connectivity index (χ1v) is 42.1. The average Bonchev–Trinajstić information content (AvgIpc) is 1.61. The lowest BCUT2D eigenvalue weighted by atomic mass is 9.76. The van der Waals surface area contributed by atoms with Crippen LogP contribution in [0.1, 0.15) is 195 Å². The van der Waals surface area contributed by atoms with E-state index in [1.54, 1.807) is 62.4 Å². The summed E-state index contributed by atoms with van der Waals surface area (Å²) in [5.41, 5.74) is -6.37. The van der Waals surface area contributed by atoms with Crippen molar-refractivity contribution in [2.24, 2.45) is 47.3 Å². The number of carbonyl (C=O) groups is 2. The summed E-state index contributed by atoms with van der Waals surface area (Å²) in [5, 5.41) is 94.2.